The average molecular weight is 400 g/mol. The summed E-state index contributed by atoms with van der Waals surface area (Å²) in [6.45, 7) is 0.995. The summed E-state index contributed by atoms with van der Waals surface area (Å²) in [5.74, 6) is 1.39. The zero-order chi connectivity index (χ0) is 19.4. The second kappa shape index (κ2) is 6.21. The number of sulfonamides is 1. The summed E-state index contributed by atoms with van der Waals surface area (Å²) in [7, 11) is -1.77. The highest BCUT2D eigenvalue weighted by atomic mass is 32.2. The van der Waals surface area contributed by atoms with Crippen molar-refractivity contribution in [2.75, 3.05) is 13.1 Å². The van der Waals surface area contributed by atoms with Gasteiger partial charge in [0.15, 0.2) is 0 Å². The normalized spacial score (nSPS) is 21.8. The molecule has 146 valence electrons. The lowest BCUT2D eigenvalue weighted by molar-refractivity contribution is 0.242. The summed E-state index contributed by atoms with van der Waals surface area (Å²) in [4.78, 5) is 8.88. The van der Waals surface area contributed by atoms with E-state index in [-0.39, 0.29) is 16.2 Å². The van der Waals surface area contributed by atoms with E-state index in [1.165, 1.54) is 17.1 Å². The van der Waals surface area contributed by atoms with Crippen molar-refractivity contribution in [1.29, 1.82) is 0 Å². The maximum atomic E-state index is 12.8. The Morgan fingerprint density at radius 1 is 1.25 bits per heavy atom. The van der Waals surface area contributed by atoms with Crippen LogP contribution >= 0.6 is 0 Å². The van der Waals surface area contributed by atoms with Gasteiger partial charge in [0.2, 0.25) is 21.7 Å². The molecule has 1 atom stereocenters. The lowest BCUT2D eigenvalue weighted by Crippen LogP contribution is -2.39. The summed E-state index contributed by atoms with van der Waals surface area (Å²) < 4.78 is 34.1. The number of piperidine rings is 1. The number of hydrogen-bond donors (Lipinski definition) is 0. The van der Waals surface area contributed by atoms with Crippen molar-refractivity contribution in [3.63, 3.8) is 0 Å². The molecular formula is C18H20N6O3S. The predicted molar refractivity (Wildman–Crippen MR) is 98.5 cm³/mol. The summed E-state index contributed by atoms with van der Waals surface area (Å²) in [5, 5.41) is 8.06. The maximum absolute atomic E-state index is 12.8. The molecule has 3 aromatic rings. The smallest absolute Gasteiger partial charge is 0.246 e. The van der Waals surface area contributed by atoms with E-state index in [2.05, 4.69) is 20.2 Å². The van der Waals surface area contributed by atoms with Crippen molar-refractivity contribution >= 4 is 10.0 Å². The molecule has 1 spiro atoms. The molecular weight excluding hydrogens is 380 g/mol. The molecule has 0 unspecified atom stereocenters. The molecule has 10 heteroatoms. The summed E-state index contributed by atoms with van der Waals surface area (Å²) in [5.41, 5.74) is 0.893. The molecule has 28 heavy (non-hydrogen) atoms. The summed E-state index contributed by atoms with van der Waals surface area (Å²) >= 11 is 0. The Labute approximate surface area is 162 Å². The zero-order valence-electron chi connectivity index (χ0n) is 15.4. The minimum atomic E-state index is -3.49. The van der Waals surface area contributed by atoms with Crippen molar-refractivity contribution < 1.29 is 12.9 Å². The number of nitrogens with zero attached hydrogens (tertiary/aromatic N) is 6. The average Bonchev–Trinajstić information content (AvgIpc) is 3.06. The maximum Gasteiger partial charge on any atom is 0.246 e. The van der Waals surface area contributed by atoms with Crippen molar-refractivity contribution in [3.05, 3.63) is 42.8 Å². The van der Waals surface area contributed by atoms with Gasteiger partial charge < -0.3 is 4.52 Å². The van der Waals surface area contributed by atoms with Gasteiger partial charge in [-0.1, -0.05) is 5.16 Å². The molecule has 3 aromatic heterocycles. The van der Waals surface area contributed by atoms with E-state index in [9.17, 15) is 8.42 Å². The SMILES string of the molecule is Cn1cc(S(=O)(=O)N2CCC3(CC2)C[C@H]3c2nc(-c3cccnc3)no2)cn1. The Morgan fingerprint density at radius 3 is 2.75 bits per heavy atom. The van der Waals surface area contributed by atoms with Crippen molar-refractivity contribution in [1.82, 2.24) is 29.2 Å². The number of aromatic nitrogens is 5. The molecule has 1 aliphatic carbocycles. The van der Waals surface area contributed by atoms with Crippen LogP contribution in [0.25, 0.3) is 11.4 Å². The van der Waals surface area contributed by atoms with Gasteiger partial charge in [0, 0.05) is 50.2 Å². The Morgan fingerprint density at radius 2 is 2.07 bits per heavy atom. The van der Waals surface area contributed by atoms with E-state index in [0.29, 0.717) is 24.8 Å². The van der Waals surface area contributed by atoms with Gasteiger partial charge in [-0.15, -0.1) is 0 Å². The Kier molecular flexibility index (Phi) is 3.88. The van der Waals surface area contributed by atoms with Crippen LogP contribution in [0.15, 0.2) is 46.3 Å². The van der Waals surface area contributed by atoms with Crippen LogP contribution in [0, 0.1) is 5.41 Å². The van der Waals surface area contributed by atoms with E-state index >= 15 is 0 Å². The fraction of sp³-hybridized carbons (Fsp3) is 0.444. The molecule has 1 saturated carbocycles. The van der Waals surface area contributed by atoms with Gasteiger partial charge in [-0.3, -0.25) is 9.67 Å². The predicted octanol–water partition coefficient (Wildman–Crippen LogP) is 1.82. The van der Waals surface area contributed by atoms with E-state index in [0.717, 1.165) is 24.8 Å². The van der Waals surface area contributed by atoms with Crippen molar-refractivity contribution in [3.8, 4) is 11.4 Å². The third-order valence-electron chi connectivity index (χ3n) is 5.89. The largest absolute Gasteiger partial charge is 0.339 e. The van der Waals surface area contributed by atoms with Crippen LogP contribution in [0.2, 0.25) is 0 Å². The quantitative estimate of drug-likeness (QED) is 0.657. The van der Waals surface area contributed by atoms with E-state index in [4.69, 9.17) is 4.52 Å². The zero-order valence-corrected chi connectivity index (χ0v) is 16.2. The topological polar surface area (TPSA) is 107 Å². The lowest BCUT2D eigenvalue weighted by Gasteiger charge is -2.31. The monoisotopic (exact) mass is 400 g/mol. The molecule has 0 amide bonds. The first-order valence-corrected chi connectivity index (χ1v) is 10.6. The van der Waals surface area contributed by atoms with E-state index < -0.39 is 10.0 Å². The van der Waals surface area contributed by atoms with Gasteiger partial charge in [-0.25, -0.2) is 8.42 Å². The molecule has 0 N–H and O–H groups in total. The van der Waals surface area contributed by atoms with Gasteiger partial charge in [0.05, 0.1) is 6.20 Å². The first-order chi connectivity index (χ1) is 13.5. The number of rotatable bonds is 4. The Balaban J connectivity index is 1.27. The summed E-state index contributed by atoms with van der Waals surface area (Å²) in [6, 6.07) is 3.73. The molecule has 0 bridgehead atoms. The minimum absolute atomic E-state index is 0.0691. The van der Waals surface area contributed by atoms with Crippen LogP contribution in [-0.2, 0) is 17.1 Å². The highest BCUT2D eigenvalue weighted by molar-refractivity contribution is 7.89. The lowest BCUT2D eigenvalue weighted by atomic mass is 9.92. The number of aryl methyl sites for hydroxylation is 1. The van der Waals surface area contributed by atoms with E-state index in [1.54, 1.807) is 23.7 Å². The Hall–Kier alpha value is -2.59. The summed E-state index contributed by atoms with van der Waals surface area (Å²) in [6.07, 6.45) is 8.90. The highest BCUT2D eigenvalue weighted by Gasteiger charge is 2.59. The van der Waals surface area contributed by atoms with Crippen molar-refractivity contribution in [2.45, 2.75) is 30.1 Å². The van der Waals surface area contributed by atoms with Gasteiger partial charge in [-0.05, 0) is 36.8 Å². The fourth-order valence-corrected chi connectivity index (χ4v) is 5.52. The van der Waals surface area contributed by atoms with Gasteiger partial charge in [0.1, 0.15) is 4.90 Å². The van der Waals surface area contributed by atoms with Crippen LogP contribution in [0.5, 0.6) is 0 Å². The molecule has 0 radical (unpaired) electrons. The third kappa shape index (κ3) is 2.83. The minimum Gasteiger partial charge on any atom is -0.339 e. The first kappa shape index (κ1) is 17.5. The molecule has 2 aliphatic rings. The molecule has 2 fully saturated rings. The molecule has 0 aromatic carbocycles. The van der Waals surface area contributed by atoms with Crippen LogP contribution in [0.4, 0.5) is 0 Å². The molecule has 1 saturated heterocycles. The third-order valence-corrected chi connectivity index (χ3v) is 7.74. The van der Waals surface area contributed by atoms with Gasteiger partial charge >= 0.3 is 0 Å². The van der Waals surface area contributed by atoms with E-state index in [1.807, 2.05) is 12.1 Å². The fourth-order valence-electron chi connectivity index (χ4n) is 4.09. The van der Waals surface area contributed by atoms with Crippen LogP contribution in [0.3, 0.4) is 0 Å². The second-order valence-corrected chi connectivity index (χ2v) is 9.51. The Bertz CT molecular complexity index is 1100. The molecule has 4 heterocycles. The van der Waals surface area contributed by atoms with Crippen LogP contribution < -0.4 is 0 Å². The second-order valence-electron chi connectivity index (χ2n) is 7.57. The molecule has 5 rings (SSSR count). The standard InChI is InChI=1S/C18H20N6O3S/c1-23-12-14(11-20-23)28(25,26)24-7-4-18(5-8-24)9-15(18)17-21-16(22-27-17)13-3-2-6-19-10-13/h2-3,6,10-12,15H,4-5,7-9H2,1H3/t15-/m0/s1. The highest BCUT2D eigenvalue weighted by Crippen LogP contribution is 2.64. The number of hydrogen-bond acceptors (Lipinski definition) is 7. The van der Waals surface area contributed by atoms with Gasteiger partial charge in [-0.2, -0.15) is 14.4 Å². The number of pyridine rings is 1. The molecule has 1 aliphatic heterocycles. The van der Waals surface area contributed by atoms with Gasteiger partial charge in [0.25, 0.3) is 0 Å². The van der Waals surface area contributed by atoms with Crippen molar-refractivity contribution in [2.24, 2.45) is 12.5 Å². The first-order valence-electron chi connectivity index (χ1n) is 9.21. The molecule has 9 nitrogen and oxygen atoms in total. The van der Waals surface area contributed by atoms with Crippen LogP contribution in [0.1, 0.15) is 31.1 Å². The van der Waals surface area contributed by atoms with Crippen LogP contribution in [-0.4, -0.2) is 50.7 Å².